The van der Waals surface area contributed by atoms with E-state index in [1.165, 1.54) is 4.90 Å². The lowest BCUT2D eigenvalue weighted by atomic mass is 10.1. The zero-order chi connectivity index (χ0) is 11.7. The SMILES string of the molecule is CC(Cl)=CCN1C(=O)c2ccccc2C1=O. The van der Waals surface area contributed by atoms with Crippen molar-refractivity contribution in [1.29, 1.82) is 0 Å². The van der Waals surface area contributed by atoms with Gasteiger partial charge in [0, 0.05) is 11.6 Å². The highest BCUT2D eigenvalue weighted by Gasteiger charge is 2.34. The Morgan fingerprint density at radius 1 is 1.25 bits per heavy atom. The van der Waals surface area contributed by atoms with Crippen LogP contribution in [-0.2, 0) is 0 Å². The maximum absolute atomic E-state index is 11.9. The molecule has 2 rings (SSSR count). The van der Waals surface area contributed by atoms with Crippen LogP contribution < -0.4 is 0 Å². The number of nitrogens with zero attached hydrogens (tertiary/aromatic N) is 1. The predicted octanol–water partition coefficient (Wildman–Crippen LogP) is 2.43. The molecule has 0 N–H and O–H groups in total. The first-order valence-corrected chi connectivity index (χ1v) is 5.26. The molecular formula is C12H10ClNO2. The third kappa shape index (κ3) is 1.74. The molecule has 1 heterocycles. The Morgan fingerprint density at radius 3 is 2.19 bits per heavy atom. The maximum Gasteiger partial charge on any atom is 0.261 e. The van der Waals surface area contributed by atoms with Crippen LogP contribution in [0, 0.1) is 0 Å². The van der Waals surface area contributed by atoms with E-state index in [9.17, 15) is 9.59 Å². The van der Waals surface area contributed by atoms with Crippen molar-refractivity contribution in [3.63, 3.8) is 0 Å². The second-order valence-electron chi connectivity index (χ2n) is 3.56. The van der Waals surface area contributed by atoms with Gasteiger partial charge in [0.05, 0.1) is 11.1 Å². The van der Waals surface area contributed by atoms with Gasteiger partial charge in [-0.05, 0) is 19.1 Å². The number of imide groups is 1. The molecule has 2 amide bonds. The van der Waals surface area contributed by atoms with Gasteiger partial charge in [0.25, 0.3) is 11.8 Å². The fraction of sp³-hybridized carbons (Fsp3) is 0.167. The topological polar surface area (TPSA) is 37.4 Å². The number of carbonyl (C=O) groups excluding carboxylic acids is 2. The molecule has 3 nitrogen and oxygen atoms in total. The molecule has 1 aliphatic rings. The summed E-state index contributed by atoms with van der Waals surface area (Å²) in [6, 6.07) is 6.81. The minimum Gasteiger partial charge on any atom is -0.270 e. The van der Waals surface area contributed by atoms with Crippen molar-refractivity contribution in [2.75, 3.05) is 6.54 Å². The van der Waals surface area contributed by atoms with Crippen molar-refractivity contribution in [2.24, 2.45) is 0 Å². The van der Waals surface area contributed by atoms with Gasteiger partial charge in [0.1, 0.15) is 0 Å². The zero-order valence-corrected chi connectivity index (χ0v) is 9.49. The zero-order valence-electron chi connectivity index (χ0n) is 8.74. The molecule has 16 heavy (non-hydrogen) atoms. The van der Waals surface area contributed by atoms with E-state index in [2.05, 4.69) is 0 Å². The van der Waals surface area contributed by atoms with Gasteiger partial charge in [-0.1, -0.05) is 29.8 Å². The first kappa shape index (κ1) is 10.9. The summed E-state index contributed by atoms with van der Waals surface area (Å²) < 4.78 is 0. The molecule has 0 spiro atoms. The van der Waals surface area contributed by atoms with Crippen LogP contribution in [0.25, 0.3) is 0 Å². The summed E-state index contributed by atoms with van der Waals surface area (Å²) in [6.45, 7) is 1.93. The Labute approximate surface area is 98.3 Å². The fourth-order valence-electron chi connectivity index (χ4n) is 1.62. The molecule has 4 heteroatoms. The maximum atomic E-state index is 11.9. The summed E-state index contributed by atoms with van der Waals surface area (Å²) in [5.41, 5.74) is 0.932. The van der Waals surface area contributed by atoms with Crippen molar-refractivity contribution in [1.82, 2.24) is 4.90 Å². The summed E-state index contributed by atoms with van der Waals surface area (Å²) in [4.78, 5) is 24.9. The highest BCUT2D eigenvalue weighted by atomic mass is 35.5. The van der Waals surface area contributed by atoms with Crippen molar-refractivity contribution in [3.8, 4) is 0 Å². The van der Waals surface area contributed by atoms with Gasteiger partial charge in [-0.2, -0.15) is 0 Å². The van der Waals surface area contributed by atoms with Crippen LogP contribution in [0.4, 0.5) is 0 Å². The normalized spacial score (nSPS) is 15.6. The van der Waals surface area contributed by atoms with E-state index >= 15 is 0 Å². The molecular weight excluding hydrogens is 226 g/mol. The lowest BCUT2D eigenvalue weighted by Gasteiger charge is -2.10. The van der Waals surface area contributed by atoms with Gasteiger partial charge in [-0.15, -0.1) is 0 Å². The summed E-state index contributed by atoms with van der Waals surface area (Å²) >= 11 is 5.67. The highest BCUT2D eigenvalue weighted by Crippen LogP contribution is 2.22. The van der Waals surface area contributed by atoms with Crippen LogP contribution in [-0.4, -0.2) is 23.3 Å². The van der Waals surface area contributed by atoms with Gasteiger partial charge in [-0.3, -0.25) is 14.5 Å². The van der Waals surface area contributed by atoms with Crippen molar-refractivity contribution >= 4 is 23.4 Å². The summed E-state index contributed by atoms with van der Waals surface area (Å²) in [5.74, 6) is -0.510. The Morgan fingerprint density at radius 2 is 1.75 bits per heavy atom. The van der Waals surface area contributed by atoms with Crippen LogP contribution >= 0.6 is 11.6 Å². The van der Waals surface area contributed by atoms with E-state index in [-0.39, 0.29) is 18.4 Å². The van der Waals surface area contributed by atoms with Crippen molar-refractivity contribution in [2.45, 2.75) is 6.92 Å². The molecule has 0 unspecified atom stereocenters. The number of halogens is 1. The van der Waals surface area contributed by atoms with Gasteiger partial charge >= 0.3 is 0 Å². The number of hydrogen-bond donors (Lipinski definition) is 0. The van der Waals surface area contributed by atoms with Crippen LogP contribution in [0.15, 0.2) is 35.4 Å². The number of allylic oxidation sites excluding steroid dienone is 1. The monoisotopic (exact) mass is 235 g/mol. The summed E-state index contributed by atoms with van der Waals surface area (Å²) in [7, 11) is 0. The van der Waals surface area contributed by atoms with E-state index in [1.807, 2.05) is 0 Å². The number of hydrogen-bond acceptors (Lipinski definition) is 2. The third-order valence-corrected chi connectivity index (χ3v) is 2.59. The van der Waals surface area contributed by atoms with Crippen LogP contribution in [0.5, 0.6) is 0 Å². The Balaban J connectivity index is 2.32. The average Bonchev–Trinajstić information content (AvgIpc) is 2.50. The van der Waals surface area contributed by atoms with Gasteiger partial charge in [0.2, 0.25) is 0 Å². The molecule has 82 valence electrons. The molecule has 0 radical (unpaired) electrons. The van der Waals surface area contributed by atoms with Crippen LogP contribution in [0.1, 0.15) is 27.6 Å². The molecule has 1 aliphatic heterocycles. The van der Waals surface area contributed by atoms with Gasteiger partial charge in [-0.25, -0.2) is 0 Å². The van der Waals surface area contributed by atoms with Gasteiger partial charge < -0.3 is 0 Å². The fourth-order valence-corrected chi connectivity index (χ4v) is 1.69. The molecule has 0 saturated carbocycles. The van der Waals surface area contributed by atoms with Crippen molar-refractivity contribution < 1.29 is 9.59 Å². The molecule has 0 atom stereocenters. The van der Waals surface area contributed by atoms with Crippen LogP contribution in [0.2, 0.25) is 0 Å². The molecule has 0 bridgehead atoms. The standard InChI is InChI=1S/C12H10ClNO2/c1-8(13)6-7-14-11(15)9-4-2-3-5-10(9)12(14)16/h2-6H,7H2,1H3. The largest absolute Gasteiger partial charge is 0.270 e. The summed E-state index contributed by atoms with van der Waals surface area (Å²) in [5, 5.41) is 0.566. The lowest BCUT2D eigenvalue weighted by Crippen LogP contribution is -2.29. The third-order valence-electron chi connectivity index (χ3n) is 2.43. The molecule has 1 aromatic rings. The van der Waals surface area contributed by atoms with E-state index in [4.69, 9.17) is 11.6 Å². The molecule has 0 aliphatic carbocycles. The first-order chi connectivity index (χ1) is 7.61. The Bertz CT molecular complexity index is 455. The first-order valence-electron chi connectivity index (χ1n) is 4.88. The quantitative estimate of drug-likeness (QED) is 0.739. The highest BCUT2D eigenvalue weighted by molar-refractivity contribution is 6.29. The number of rotatable bonds is 2. The van der Waals surface area contributed by atoms with E-state index in [1.54, 1.807) is 37.3 Å². The minimum atomic E-state index is -0.255. The Hall–Kier alpha value is -1.61. The lowest BCUT2D eigenvalue weighted by molar-refractivity contribution is 0.0672. The molecule has 1 aromatic carbocycles. The van der Waals surface area contributed by atoms with Crippen LogP contribution in [0.3, 0.4) is 0 Å². The number of fused-ring (bicyclic) bond motifs is 1. The summed E-state index contributed by atoms with van der Waals surface area (Å²) in [6.07, 6.45) is 1.64. The molecule has 0 fully saturated rings. The van der Waals surface area contributed by atoms with Gasteiger partial charge in [0.15, 0.2) is 0 Å². The number of carbonyl (C=O) groups is 2. The molecule has 0 aromatic heterocycles. The predicted molar refractivity (Wildman–Crippen MR) is 61.4 cm³/mol. The number of amides is 2. The Kier molecular flexibility index (Phi) is 2.79. The van der Waals surface area contributed by atoms with E-state index < -0.39 is 0 Å². The smallest absolute Gasteiger partial charge is 0.261 e. The molecule has 0 saturated heterocycles. The minimum absolute atomic E-state index is 0.224. The number of benzene rings is 1. The second kappa shape index (κ2) is 4.10. The second-order valence-corrected chi connectivity index (χ2v) is 4.15. The van der Waals surface area contributed by atoms with E-state index in [0.717, 1.165) is 0 Å². The van der Waals surface area contributed by atoms with E-state index in [0.29, 0.717) is 16.2 Å². The van der Waals surface area contributed by atoms with Crippen molar-refractivity contribution in [3.05, 3.63) is 46.5 Å². The average molecular weight is 236 g/mol.